The van der Waals surface area contributed by atoms with Gasteiger partial charge in [-0.15, -0.1) is 11.3 Å². The Balaban J connectivity index is 1.93. The molecule has 2 heterocycles. The number of nitrogens with one attached hydrogen (secondary N) is 1. The minimum absolute atomic E-state index is 0.284. The molecular formula is C14H14BrN3S. The third kappa shape index (κ3) is 2.45. The Morgan fingerprint density at radius 3 is 2.95 bits per heavy atom. The second kappa shape index (κ2) is 5.45. The molecule has 0 aliphatic carbocycles. The quantitative estimate of drug-likeness (QED) is 0.785. The van der Waals surface area contributed by atoms with Gasteiger partial charge < -0.3 is 9.88 Å². The van der Waals surface area contributed by atoms with E-state index in [2.05, 4.69) is 54.4 Å². The maximum Gasteiger partial charge on any atom is 0.0958 e. The van der Waals surface area contributed by atoms with Crippen molar-refractivity contribution in [2.24, 2.45) is 0 Å². The molecule has 0 saturated carbocycles. The van der Waals surface area contributed by atoms with Crippen molar-refractivity contribution < 1.29 is 0 Å². The Morgan fingerprint density at radius 1 is 1.37 bits per heavy atom. The zero-order valence-corrected chi connectivity index (χ0v) is 12.9. The molecule has 0 bridgehead atoms. The molecule has 0 saturated heterocycles. The van der Waals surface area contributed by atoms with Gasteiger partial charge in [0.05, 0.1) is 23.4 Å². The maximum absolute atomic E-state index is 4.44. The Bertz CT molecular complexity index is 689. The summed E-state index contributed by atoms with van der Waals surface area (Å²) in [6, 6.07) is 10.6. The fraction of sp³-hybridized carbons (Fsp3) is 0.214. The number of nitrogens with zero attached hydrogens (tertiary/aromatic N) is 2. The van der Waals surface area contributed by atoms with E-state index in [1.165, 1.54) is 14.9 Å². The molecule has 0 aliphatic heterocycles. The number of hydrogen-bond donors (Lipinski definition) is 1. The molecule has 1 aromatic carbocycles. The number of halogens is 1. The summed E-state index contributed by atoms with van der Waals surface area (Å²) in [7, 11) is 2.00. The van der Waals surface area contributed by atoms with E-state index in [1.807, 2.05) is 25.5 Å². The number of imidazole rings is 1. The van der Waals surface area contributed by atoms with E-state index in [0.29, 0.717) is 0 Å². The van der Waals surface area contributed by atoms with Crippen LogP contribution in [0, 0.1) is 0 Å². The highest BCUT2D eigenvalue weighted by molar-refractivity contribution is 9.10. The van der Waals surface area contributed by atoms with Gasteiger partial charge in [-0.2, -0.15) is 0 Å². The van der Waals surface area contributed by atoms with Gasteiger partial charge in [0, 0.05) is 15.9 Å². The molecule has 3 nitrogen and oxygen atoms in total. The van der Waals surface area contributed by atoms with Crippen molar-refractivity contribution in [2.45, 2.75) is 12.6 Å². The number of benzene rings is 1. The summed E-state index contributed by atoms with van der Waals surface area (Å²) in [5.74, 6) is 0. The minimum atomic E-state index is 0.284. The lowest BCUT2D eigenvalue weighted by Gasteiger charge is -2.16. The highest BCUT2D eigenvalue weighted by Gasteiger charge is 2.15. The summed E-state index contributed by atoms with van der Waals surface area (Å²) < 4.78 is 3.36. The smallest absolute Gasteiger partial charge is 0.0958 e. The van der Waals surface area contributed by atoms with E-state index in [1.54, 1.807) is 11.3 Å². The molecule has 1 atom stereocenters. The average Bonchev–Trinajstić information content (AvgIpc) is 3.03. The molecule has 0 radical (unpaired) electrons. The summed E-state index contributed by atoms with van der Waals surface area (Å²) >= 11 is 5.37. The van der Waals surface area contributed by atoms with Gasteiger partial charge in [0.2, 0.25) is 0 Å². The molecule has 1 unspecified atom stereocenters. The van der Waals surface area contributed by atoms with Gasteiger partial charge in [-0.25, -0.2) is 4.98 Å². The van der Waals surface area contributed by atoms with Crippen LogP contribution in [0.4, 0.5) is 0 Å². The van der Waals surface area contributed by atoms with Gasteiger partial charge in [0.15, 0.2) is 0 Å². The SMILES string of the molecule is CNC(Cn1cnc2ccccc21)c1sccc1Br. The lowest BCUT2D eigenvalue weighted by molar-refractivity contribution is 0.514. The summed E-state index contributed by atoms with van der Waals surface area (Å²) in [5.41, 5.74) is 2.22. The number of aromatic nitrogens is 2. The molecule has 3 aromatic rings. The molecule has 0 fully saturated rings. The van der Waals surface area contributed by atoms with Gasteiger partial charge in [0.25, 0.3) is 0 Å². The molecule has 0 spiro atoms. The third-order valence-electron chi connectivity index (χ3n) is 3.22. The molecule has 3 rings (SSSR count). The monoisotopic (exact) mass is 335 g/mol. The van der Waals surface area contributed by atoms with Crippen LogP contribution in [-0.2, 0) is 6.54 Å². The molecule has 0 aliphatic rings. The number of fused-ring (bicyclic) bond motifs is 1. The summed E-state index contributed by atoms with van der Waals surface area (Å²) in [5, 5.41) is 5.49. The first-order valence-electron chi connectivity index (χ1n) is 6.09. The molecule has 2 aromatic heterocycles. The number of rotatable bonds is 4. The number of hydrogen-bond acceptors (Lipinski definition) is 3. The lowest BCUT2D eigenvalue weighted by Crippen LogP contribution is -2.21. The van der Waals surface area contributed by atoms with Crippen LogP contribution in [0.2, 0.25) is 0 Å². The van der Waals surface area contributed by atoms with Gasteiger partial charge in [-0.3, -0.25) is 0 Å². The molecule has 0 amide bonds. The van der Waals surface area contributed by atoms with Crippen molar-refractivity contribution in [3.63, 3.8) is 0 Å². The van der Waals surface area contributed by atoms with Crippen molar-refractivity contribution in [2.75, 3.05) is 7.05 Å². The van der Waals surface area contributed by atoms with Crippen LogP contribution in [0.15, 0.2) is 46.5 Å². The van der Waals surface area contributed by atoms with E-state index in [4.69, 9.17) is 0 Å². The van der Waals surface area contributed by atoms with E-state index < -0.39 is 0 Å². The molecule has 5 heteroatoms. The second-order valence-corrected chi connectivity index (χ2v) is 6.16. The van der Waals surface area contributed by atoms with Gasteiger partial charge in [-0.1, -0.05) is 12.1 Å². The Kier molecular flexibility index (Phi) is 3.68. The molecule has 19 heavy (non-hydrogen) atoms. The normalized spacial score (nSPS) is 12.9. The van der Waals surface area contributed by atoms with Crippen molar-refractivity contribution in [3.8, 4) is 0 Å². The first-order valence-corrected chi connectivity index (χ1v) is 7.77. The third-order valence-corrected chi connectivity index (χ3v) is 5.20. The topological polar surface area (TPSA) is 29.9 Å². The minimum Gasteiger partial charge on any atom is -0.329 e. The van der Waals surface area contributed by atoms with Crippen LogP contribution in [0.25, 0.3) is 11.0 Å². The van der Waals surface area contributed by atoms with Crippen LogP contribution in [-0.4, -0.2) is 16.6 Å². The lowest BCUT2D eigenvalue weighted by atomic mass is 10.2. The van der Waals surface area contributed by atoms with Gasteiger partial charge >= 0.3 is 0 Å². The molecule has 1 N–H and O–H groups in total. The van der Waals surface area contributed by atoms with E-state index in [9.17, 15) is 0 Å². The first-order chi connectivity index (χ1) is 9.29. The van der Waals surface area contributed by atoms with Crippen molar-refractivity contribution in [3.05, 3.63) is 51.4 Å². The average molecular weight is 336 g/mol. The summed E-state index contributed by atoms with van der Waals surface area (Å²) in [4.78, 5) is 5.76. The number of likely N-dealkylation sites (N-methyl/N-ethyl adjacent to an activating group) is 1. The Morgan fingerprint density at radius 2 is 2.21 bits per heavy atom. The largest absolute Gasteiger partial charge is 0.329 e. The fourth-order valence-corrected chi connectivity index (χ4v) is 3.96. The predicted octanol–water partition coefficient (Wildman–Crippen LogP) is 3.82. The fourth-order valence-electron chi connectivity index (χ4n) is 2.21. The molecular weight excluding hydrogens is 322 g/mol. The summed E-state index contributed by atoms with van der Waals surface area (Å²) in [6.07, 6.45) is 1.91. The Labute approximate surface area is 124 Å². The van der Waals surface area contributed by atoms with Crippen molar-refractivity contribution in [1.82, 2.24) is 14.9 Å². The van der Waals surface area contributed by atoms with Gasteiger partial charge in [-0.05, 0) is 46.6 Å². The van der Waals surface area contributed by atoms with Crippen LogP contribution in [0.3, 0.4) is 0 Å². The summed E-state index contributed by atoms with van der Waals surface area (Å²) in [6.45, 7) is 0.871. The van der Waals surface area contributed by atoms with Crippen LogP contribution in [0.5, 0.6) is 0 Å². The number of thiophene rings is 1. The van der Waals surface area contributed by atoms with Crippen LogP contribution < -0.4 is 5.32 Å². The number of para-hydroxylation sites is 2. The highest BCUT2D eigenvalue weighted by Crippen LogP contribution is 2.30. The zero-order chi connectivity index (χ0) is 13.2. The standard InChI is InChI=1S/C14H14BrN3S/c1-16-12(14-10(15)6-7-19-14)8-18-9-17-11-4-2-3-5-13(11)18/h2-7,9,12,16H,8H2,1H3. The van der Waals surface area contributed by atoms with Crippen LogP contribution >= 0.6 is 27.3 Å². The predicted molar refractivity (Wildman–Crippen MR) is 83.6 cm³/mol. The second-order valence-electron chi connectivity index (χ2n) is 4.36. The zero-order valence-electron chi connectivity index (χ0n) is 10.5. The van der Waals surface area contributed by atoms with Crippen molar-refractivity contribution >= 4 is 38.3 Å². The van der Waals surface area contributed by atoms with E-state index in [-0.39, 0.29) is 6.04 Å². The first kappa shape index (κ1) is 12.8. The van der Waals surface area contributed by atoms with Crippen molar-refractivity contribution in [1.29, 1.82) is 0 Å². The molecule has 98 valence electrons. The van der Waals surface area contributed by atoms with E-state index in [0.717, 1.165) is 12.1 Å². The van der Waals surface area contributed by atoms with E-state index >= 15 is 0 Å². The highest BCUT2D eigenvalue weighted by atomic mass is 79.9. The van der Waals surface area contributed by atoms with Gasteiger partial charge in [0.1, 0.15) is 0 Å². The Hall–Kier alpha value is -1.17. The van der Waals surface area contributed by atoms with Crippen LogP contribution in [0.1, 0.15) is 10.9 Å². The maximum atomic E-state index is 4.44.